The maximum atomic E-state index is 11.3. The van der Waals surface area contributed by atoms with Gasteiger partial charge in [-0.25, -0.2) is 9.59 Å². The Morgan fingerprint density at radius 2 is 1.00 bits per heavy atom. The van der Waals surface area contributed by atoms with Crippen LogP contribution in [0.2, 0.25) is 0 Å². The SMILES string of the molecule is C.CCCc1cc(C)cc(CCC)c1/C=C/C(=O)O.CCCc1cc(C)cc(CCC)c1/C=C/C(=O)OC.Cc1ccc(I)cc1.[Li+].[OH-]. The molecule has 3 aromatic rings. The van der Waals surface area contributed by atoms with Crippen LogP contribution in [0.3, 0.4) is 0 Å². The van der Waals surface area contributed by atoms with Crippen molar-refractivity contribution in [2.24, 2.45) is 0 Å². The number of carboxylic acids is 1. The molecule has 0 fully saturated rings. The number of carbonyl (C=O) groups is 2. The van der Waals surface area contributed by atoms with Crippen molar-refractivity contribution in [1.82, 2.24) is 0 Å². The molecular formula is C41H58ILiO5. The fourth-order valence-electron chi connectivity index (χ4n) is 5.15. The topological polar surface area (TPSA) is 93.6 Å². The van der Waals surface area contributed by atoms with Crippen molar-refractivity contribution in [2.45, 2.75) is 107 Å². The number of carbonyl (C=O) groups excluding carboxylic acids is 1. The number of esters is 1. The number of ether oxygens (including phenoxy) is 1. The molecule has 3 rings (SSSR count). The summed E-state index contributed by atoms with van der Waals surface area (Å²) in [6.45, 7) is 15.0. The summed E-state index contributed by atoms with van der Waals surface area (Å²) in [5, 5.41) is 8.78. The summed E-state index contributed by atoms with van der Waals surface area (Å²) < 4.78 is 5.97. The van der Waals surface area contributed by atoms with Crippen molar-refractivity contribution in [3.05, 3.63) is 114 Å². The summed E-state index contributed by atoms with van der Waals surface area (Å²) in [4.78, 5) is 22.0. The van der Waals surface area contributed by atoms with Gasteiger partial charge in [-0.15, -0.1) is 0 Å². The van der Waals surface area contributed by atoms with Gasteiger partial charge in [-0.1, -0.05) is 114 Å². The third-order valence-corrected chi connectivity index (χ3v) is 7.78. The van der Waals surface area contributed by atoms with Crippen LogP contribution >= 0.6 is 22.6 Å². The van der Waals surface area contributed by atoms with Gasteiger partial charge in [0.1, 0.15) is 0 Å². The van der Waals surface area contributed by atoms with Crippen LogP contribution in [-0.2, 0) is 40.0 Å². The maximum absolute atomic E-state index is 11.3. The van der Waals surface area contributed by atoms with Gasteiger partial charge in [-0.05, 0) is 127 Å². The average Bonchev–Trinajstić information content (AvgIpc) is 2.99. The van der Waals surface area contributed by atoms with E-state index in [-0.39, 0.29) is 37.7 Å². The van der Waals surface area contributed by atoms with E-state index in [1.54, 1.807) is 6.08 Å². The number of rotatable bonds is 12. The van der Waals surface area contributed by atoms with E-state index in [0.29, 0.717) is 0 Å². The van der Waals surface area contributed by atoms with E-state index < -0.39 is 5.97 Å². The van der Waals surface area contributed by atoms with E-state index in [2.05, 4.69) is 124 Å². The molecule has 2 N–H and O–H groups in total. The summed E-state index contributed by atoms with van der Waals surface area (Å²) in [7, 11) is 1.40. The summed E-state index contributed by atoms with van der Waals surface area (Å²) in [5.74, 6) is -1.19. The van der Waals surface area contributed by atoms with Gasteiger partial charge in [0.25, 0.3) is 0 Å². The number of carboxylic acid groups (broad SMARTS) is 1. The molecule has 0 spiro atoms. The Hall–Kier alpha value is -2.63. The van der Waals surface area contributed by atoms with Crippen LogP contribution in [-0.4, -0.2) is 29.6 Å². The molecule has 0 atom stereocenters. The van der Waals surface area contributed by atoms with Crippen LogP contribution in [0.4, 0.5) is 0 Å². The minimum atomic E-state index is -0.888. The molecular weight excluding hydrogens is 706 g/mol. The van der Waals surface area contributed by atoms with Crippen LogP contribution in [0, 0.1) is 24.3 Å². The van der Waals surface area contributed by atoms with Gasteiger partial charge in [-0.3, -0.25) is 0 Å². The van der Waals surface area contributed by atoms with Gasteiger partial charge >= 0.3 is 30.8 Å². The Bertz CT molecular complexity index is 1340. The van der Waals surface area contributed by atoms with Crippen LogP contribution in [0.15, 0.2) is 60.7 Å². The molecule has 0 heterocycles. The van der Waals surface area contributed by atoms with E-state index >= 15 is 0 Å². The number of hydrogen-bond acceptors (Lipinski definition) is 4. The third kappa shape index (κ3) is 19.4. The molecule has 5 nitrogen and oxygen atoms in total. The first-order chi connectivity index (χ1) is 21.5. The number of hydrogen-bond donors (Lipinski definition) is 1. The molecule has 260 valence electrons. The smallest absolute Gasteiger partial charge is 0.870 e. The largest absolute Gasteiger partial charge is 1.00 e. The van der Waals surface area contributed by atoms with Gasteiger partial charge in [0, 0.05) is 15.7 Å². The van der Waals surface area contributed by atoms with Gasteiger partial charge in [0.15, 0.2) is 0 Å². The Morgan fingerprint density at radius 3 is 1.27 bits per heavy atom. The predicted octanol–water partition coefficient (Wildman–Crippen LogP) is 8.15. The van der Waals surface area contributed by atoms with Crippen molar-refractivity contribution < 1.29 is 43.8 Å². The van der Waals surface area contributed by atoms with E-state index in [0.717, 1.165) is 56.9 Å². The molecule has 48 heavy (non-hydrogen) atoms. The fraction of sp³-hybridized carbons (Fsp3) is 0.415. The molecule has 0 aromatic heterocycles. The van der Waals surface area contributed by atoms with Crippen molar-refractivity contribution in [1.29, 1.82) is 0 Å². The monoisotopic (exact) mass is 764 g/mol. The zero-order valence-electron chi connectivity index (χ0n) is 30.1. The van der Waals surface area contributed by atoms with Gasteiger partial charge < -0.3 is 15.3 Å². The van der Waals surface area contributed by atoms with Crippen LogP contribution in [0.25, 0.3) is 12.2 Å². The van der Waals surface area contributed by atoms with E-state index in [1.165, 1.54) is 67.3 Å². The van der Waals surface area contributed by atoms with Crippen molar-refractivity contribution in [3.8, 4) is 0 Å². The van der Waals surface area contributed by atoms with Gasteiger partial charge in [0.2, 0.25) is 0 Å². The first-order valence-electron chi connectivity index (χ1n) is 16.1. The molecule has 7 heteroatoms. The number of benzene rings is 3. The van der Waals surface area contributed by atoms with Crippen molar-refractivity contribution in [3.63, 3.8) is 0 Å². The average molecular weight is 765 g/mol. The molecule has 0 radical (unpaired) electrons. The molecule has 0 amide bonds. The van der Waals surface area contributed by atoms with Crippen molar-refractivity contribution >= 4 is 46.7 Å². The molecule has 0 saturated heterocycles. The number of halogens is 1. The van der Waals surface area contributed by atoms with Crippen LogP contribution < -0.4 is 18.9 Å². The second kappa shape index (κ2) is 28.2. The minimum Gasteiger partial charge on any atom is -0.870 e. The molecule has 0 bridgehead atoms. The molecule has 3 aromatic carbocycles. The van der Waals surface area contributed by atoms with E-state index in [9.17, 15) is 9.59 Å². The molecule has 0 aliphatic carbocycles. The number of methoxy groups -OCH3 is 1. The van der Waals surface area contributed by atoms with Crippen LogP contribution in [0.1, 0.15) is 111 Å². The second-order valence-corrected chi connectivity index (χ2v) is 12.6. The summed E-state index contributed by atoms with van der Waals surface area (Å²) in [6.07, 6.45) is 14.8. The fourth-order valence-corrected chi connectivity index (χ4v) is 5.51. The Morgan fingerprint density at radius 1 is 0.667 bits per heavy atom. The van der Waals surface area contributed by atoms with E-state index in [1.807, 2.05) is 6.08 Å². The van der Waals surface area contributed by atoms with E-state index in [4.69, 9.17) is 5.11 Å². The van der Waals surface area contributed by atoms with Gasteiger partial charge in [0.05, 0.1) is 7.11 Å². The standard InChI is InChI=1S/C17H24O2.C16H22O2.C7H7I.CH4.Li.H2O/c1-5-7-14-11-13(3)12-15(8-6-2)16(14)9-10-17(18)19-4;1-4-6-13-10-12(3)11-14(7-5-2)15(13)8-9-16(17)18;1-6-2-4-7(8)5-3-6;;;/h9-12H,5-8H2,1-4H3;8-11H,4-7H2,1-3H3,(H,17,18);2-5H,1H3;1H4;;1H2/q;;;;+1;/p-1/b10-9+;9-8+;;;;. The first-order valence-corrected chi connectivity index (χ1v) is 17.2. The zero-order chi connectivity index (χ0) is 33.8. The summed E-state index contributed by atoms with van der Waals surface area (Å²) in [6, 6.07) is 17.2. The Balaban J connectivity index is -0.000000655. The molecule has 0 aliphatic rings. The Kier molecular flexibility index (Phi) is 29.3. The van der Waals surface area contributed by atoms with Crippen LogP contribution in [0.5, 0.6) is 0 Å². The zero-order valence-corrected chi connectivity index (χ0v) is 32.2. The quantitative estimate of drug-likeness (QED) is 0.0871. The maximum Gasteiger partial charge on any atom is 1.00 e. The number of aryl methyl sites for hydroxylation is 7. The third-order valence-electron chi connectivity index (χ3n) is 7.06. The molecule has 0 unspecified atom stereocenters. The normalized spacial score (nSPS) is 10.0. The van der Waals surface area contributed by atoms with Gasteiger partial charge in [-0.2, -0.15) is 0 Å². The second-order valence-electron chi connectivity index (χ2n) is 11.3. The summed E-state index contributed by atoms with van der Waals surface area (Å²) >= 11 is 2.30. The predicted molar refractivity (Wildman–Crippen MR) is 209 cm³/mol. The number of aliphatic carboxylic acids is 1. The van der Waals surface area contributed by atoms with Crippen molar-refractivity contribution in [2.75, 3.05) is 7.11 Å². The minimum absolute atomic E-state index is 0. The molecule has 0 aliphatic heterocycles. The summed E-state index contributed by atoms with van der Waals surface area (Å²) in [5.41, 5.74) is 11.3. The first kappa shape index (κ1) is 49.8. The Labute approximate surface area is 317 Å². The molecule has 0 saturated carbocycles.